The molecule has 1 aliphatic rings. The topological polar surface area (TPSA) is 69.4 Å². The molecular formula is C29H29N5. The number of rotatable bonds is 8. The lowest BCUT2D eigenvalue weighted by Crippen LogP contribution is -2.15. The van der Waals surface area contributed by atoms with Gasteiger partial charge in [-0.15, -0.1) is 0 Å². The number of H-pyrrole nitrogens is 2. The average Bonchev–Trinajstić information content (AvgIpc) is 3.63. The summed E-state index contributed by atoms with van der Waals surface area (Å²) in [6, 6.07) is 8.63. The zero-order chi connectivity index (χ0) is 23.5. The van der Waals surface area contributed by atoms with Crippen LogP contribution in [0.25, 0.3) is 44.3 Å². The number of fused-ring (bicyclic) bond motifs is 2. The number of aromatic nitrogens is 4. The second-order valence-electron chi connectivity index (χ2n) is 8.41. The Morgan fingerprint density at radius 3 is 2.85 bits per heavy atom. The summed E-state index contributed by atoms with van der Waals surface area (Å²) in [5, 5.41) is 13.5. The number of pyridine rings is 1. The summed E-state index contributed by atoms with van der Waals surface area (Å²) in [5.41, 5.74) is 9.74. The molecule has 0 saturated carbocycles. The summed E-state index contributed by atoms with van der Waals surface area (Å²) in [5.74, 6) is 0. The first-order valence-corrected chi connectivity index (χ1v) is 11.7. The molecule has 3 heterocycles. The number of nitrogens with one attached hydrogen (secondary N) is 3. The zero-order valence-electron chi connectivity index (χ0n) is 19.7. The first kappa shape index (κ1) is 21.9. The quantitative estimate of drug-likeness (QED) is 0.267. The van der Waals surface area contributed by atoms with E-state index < -0.39 is 0 Å². The van der Waals surface area contributed by atoms with E-state index in [1.54, 1.807) is 0 Å². The Labute approximate surface area is 199 Å². The summed E-state index contributed by atoms with van der Waals surface area (Å²) in [4.78, 5) is 8.00. The van der Waals surface area contributed by atoms with Gasteiger partial charge in [0.1, 0.15) is 5.69 Å². The normalized spacial score (nSPS) is 14.4. The predicted octanol–water partition coefficient (Wildman–Crippen LogP) is 6.57. The predicted molar refractivity (Wildman–Crippen MR) is 143 cm³/mol. The second kappa shape index (κ2) is 9.49. The van der Waals surface area contributed by atoms with E-state index in [4.69, 9.17) is 0 Å². The number of hydrogen-bond donors (Lipinski definition) is 3. The van der Waals surface area contributed by atoms with Crippen molar-refractivity contribution in [3.63, 3.8) is 0 Å². The maximum absolute atomic E-state index is 4.67. The molecule has 0 aliphatic heterocycles. The van der Waals surface area contributed by atoms with Crippen LogP contribution < -0.4 is 5.32 Å². The van der Waals surface area contributed by atoms with Gasteiger partial charge in [0.05, 0.1) is 22.9 Å². The van der Waals surface area contributed by atoms with Crippen LogP contribution in [-0.4, -0.2) is 33.3 Å². The lowest BCUT2D eigenvalue weighted by atomic mass is 10.00. The summed E-state index contributed by atoms with van der Waals surface area (Å²) in [7, 11) is 0. The highest BCUT2D eigenvalue weighted by Crippen LogP contribution is 2.34. The minimum absolute atomic E-state index is 0.799. The highest BCUT2D eigenvalue weighted by Gasteiger charge is 2.15. The van der Waals surface area contributed by atoms with Crippen molar-refractivity contribution in [2.24, 2.45) is 0 Å². The largest absolute Gasteiger partial charge is 0.352 e. The number of hydrogen-bond acceptors (Lipinski definition) is 3. The highest BCUT2D eigenvalue weighted by atomic mass is 15.1. The Bertz CT molecular complexity index is 1490. The fourth-order valence-electron chi connectivity index (χ4n) is 4.45. The molecule has 0 amide bonds. The number of aromatic amines is 2. The number of benzene rings is 1. The standard InChI is InChI=1S/C29H29N5/c1-4-19(16-30-6-3)13-20(5-2)22-11-12-26-24(14-22)29(34-33-26)27-15-23-25(21-9-7-8-10-21)17-31-18-28(23)32-27/h4-5,7,9-15,17-18,30,32H,1,6,8,16H2,2-3H3,(H,33,34)/b19-13+,20-5+. The maximum atomic E-state index is 4.67. The summed E-state index contributed by atoms with van der Waals surface area (Å²) in [6.07, 6.45) is 17.6. The maximum Gasteiger partial charge on any atom is 0.116 e. The van der Waals surface area contributed by atoms with Crippen molar-refractivity contribution in [2.75, 3.05) is 13.1 Å². The minimum atomic E-state index is 0.799. The molecule has 0 unspecified atom stereocenters. The van der Waals surface area contributed by atoms with Gasteiger partial charge in [0, 0.05) is 29.1 Å². The molecule has 5 nitrogen and oxygen atoms in total. The first-order chi connectivity index (χ1) is 16.7. The lowest BCUT2D eigenvalue weighted by molar-refractivity contribution is 0.785. The van der Waals surface area contributed by atoms with Crippen LogP contribution in [0.15, 0.2) is 85.3 Å². The molecule has 0 spiro atoms. The minimum Gasteiger partial charge on any atom is -0.352 e. The molecule has 3 aromatic heterocycles. The molecule has 1 aromatic carbocycles. The van der Waals surface area contributed by atoms with Gasteiger partial charge in [-0.1, -0.05) is 56.0 Å². The van der Waals surface area contributed by atoms with E-state index in [9.17, 15) is 0 Å². The van der Waals surface area contributed by atoms with E-state index in [1.807, 2.05) is 18.5 Å². The SMILES string of the molecule is C=C/C(=C\C(=C/C)c1ccc2[nH]nc(-c3cc4c(C5=CCC=C5)cncc4[nH]3)c2c1)CNCC. The summed E-state index contributed by atoms with van der Waals surface area (Å²) in [6.45, 7) is 9.88. The van der Waals surface area contributed by atoms with Crippen LogP contribution in [0.5, 0.6) is 0 Å². The monoisotopic (exact) mass is 447 g/mol. The molecule has 0 saturated heterocycles. The van der Waals surface area contributed by atoms with Crippen LogP contribution >= 0.6 is 0 Å². The first-order valence-electron chi connectivity index (χ1n) is 11.7. The molecule has 0 bridgehead atoms. The van der Waals surface area contributed by atoms with E-state index in [0.717, 1.165) is 75.0 Å². The zero-order valence-corrected chi connectivity index (χ0v) is 19.7. The van der Waals surface area contributed by atoms with Gasteiger partial charge >= 0.3 is 0 Å². The van der Waals surface area contributed by atoms with Gasteiger partial charge in [-0.25, -0.2) is 0 Å². The molecular weight excluding hydrogens is 418 g/mol. The van der Waals surface area contributed by atoms with Gasteiger partial charge in [-0.3, -0.25) is 10.1 Å². The Kier molecular flexibility index (Phi) is 6.11. The molecule has 5 rings (SSSR count). The Hall–Kier alpha value is -3.96. The molecule has 0 fully saturated rings. The third-order valence-corrected chi connectivity index (χ3v) is 6.27. The van der Waals surface area contributed by atoms with Crippen LogP contribution in [0.1, 0.15) is 31.4 Å². The number of likely N-dealkylation sites (N-methyl/N-ethyl adjacent to an activating group) is 1. The molecule has 0 radical (unpaired) electrons. The van der Waals surface area contributed by atoms with E-state index in [-0.39, 0.29) is 0 Å². The van der Waals surface area contributed by atoms with Gasteiger partial charge in [-0.2, -0.15) is 5.10 Å². The van der Waals surface area contributed by atoms with Crippen LogP contribution in [0.2, 0.25) is 0 Å². The Balaban J connectivity index is 1.57. The van der Waals surface area contributed by atoms with Gasteiger partial charge in [0.15, 0.2) is 0 Å². The number of allylic oxidation sites excluding steroid dienone is 7. The van der Waals surface area contributed by atoms with Crippen molar-refractivity contribution in [3.8, 4) is 11.4 Å². The average molecular weight is 448 g/mol. The summed E-state index contributed by atoms with van der Waals surface area (Å²) >= 11 is 0. The summed E-state index contributed by atoms with van der Waals surface area (Å²) < 4.78 is 0. The Morgan fingerprint density at radius 2 is 2.09 bits per heavy atom. The third kappa shape index (κ3) is 4.06. The van der Waals surface area contributed by atoms with Crippen LogP contribution in [0.3, 0.4) is 0 Å². The van der Waals surface area contributed by atoms with Crippen LogP contribution in [0.4, 0.5) is 0 Å². The van der Waals surface area contributed by atoms with Crippen molar-refractivity contribution in [1.29, 1.82) is 0 Å². The Morgan fingerprint density at radius 1 is 1.18 bits per heavy atom. The molecule has 3 N–H and O–H groups in total. The van der Waals surface area contributed by atoms with Crippen molar-refractivity contribution < 1.29 is 0 Å². The van der Waals surface area contributed by atoms with Crippen molar-refractivity contribution in [2.45, 2.75) is 20.3 Å². The third-order valence-electron chi connectivity index (χ3n) is 6.27. The van der Waals surface area contributed by atoms with Crippen molar-refractivity contribution in [1.82, 2.24) is 25.5 Å². The lowest BCUT2D eigenvalue weighted by Gasteiger charge is -2.07. The second-order valence-corrected chi connectivity index (χ2v) is 8.41. The molecule has 5 heteroatoms. The molecule has 1 aliphatic carbocycles. The highest BCUT2D eigenvalue weighted by molar-refractivity contribution is 6.01. The molecule has 4 aromatic rings. The number of nitrogens with zero attached hydrogens (tertiary/aromatic N) is 2. The van der Waals surface area contributed by atoms with E-state index >= 15 is 0 Å². The van der Waals surface area contributed by atoms with Gasteiger partial charge in [-0.05, 0) is 60.4 Å². The fraction of sp³-hybridized carbons (Fsp3) is 0.172. The smallest absolute Gasteiger partial charge is 0.116 e. The molecule has 170 valence electrons. The molecule has 0 atom stereocenters. The van der Waals surface area contributed by atoms with Crippen LogP contribution in [0, 0.1) is 0 Å². The van der Waals surface area contributed by atoms with Crippen LogP contribution in [-0.2, 0) is 0 Å². The van der Waals surface area contributed by atoms with Crippen molar-refractivity contribution >= 4 is 33.0 Å². The van der Waals surface area contributed by atoms with Gasteiger partial charge < -0.3 is 10.3 Å². The van der Waals surface area contributed by atoms with Gasteiger partial charge in [0.2, 0.25) is 0 Å². The van der Waals surface area contributed by atoms with Gasteiger partial charge in [0.25, 0.3) is 0 Å². The van der Waals surface area contributed by atoms with Crippen molar-refractivity contribution in [3.05, 3.63) is 96.4 Å². The van der Waals surface area contributed by atoms with E-state index in [0.29, 0.717) is 0 Å². The molecule has 34 heavy (non-hydrogen) atoms. The van der Waals surface area contributed by atoms with E-state index in [2.05, 4.69) is 101 Å². The van der Waals surface area contributed by atoms with E-state index in [1.165, 1.54) is 5.57 Å². The fourth-order valence-corrected chi connectivity index (χ4v) is 4.45.